The van der Waals surface area contributed by atoms with Crippen LogP contribution in [0.3, 0.4) is 0 Å². The average Bonchev–Trinajstić information content (AvgIpc) is 2.73. The van der Waals surface area contributed by atoms with Gasteiger partial charge in [-0.05, 0) is 75.8 Å². The molecular weight excluding hydrogens is 274 g/mol. The fraction of sp³-hybridized carbons (Fsp3) is 0.632. The number of carbonyl (C=O) groups excluding carboxylic acids is 1. The van der Waals surface area contributed by atoms with Crippen molar-refractivity contribution in [1.82, 2.24) is 5.32 Å². The molecule has 3 nitrogen and oxygen atoms in total. The summed E-state index contributed by atoms with van der Waals surface area (Å²) in [6, 6.07) is 6.90. The molecule has 1 fully saturated rings. The van der Waals surface area contributed by atoms with Crippen LogP contribution >= 0.6 is 0 Å². The van der Waals surface area contributed by atoms with Gasteiger partial charge in [-0.2, -0.15) is 0 Å². The second kappa shape index (κ2) is 5.60. The monoisotopic (exact) mass is 301 g/mol. The van der Waals surface area contributed by atoms with Crippen LogP contribution in [0, 0.1) is 12.8 Å². The fourth-order valence-corrected chi connectivity index (χ4v) is 4.12. The first-order valence-electron chi connectivity index (χ1n) is 8.42. The zero-order chi connectivity index (χ0) is 15.9. The van der Waals surface area contributed by atoms with E-state index < -0.39 is 5.60 Å². The Balaban J connectivity index is 1.51. The number of hydrogen-bond donors (Lipinski definition) is 1. The van der Waals surface area contributed by atoms with Crippen molar-refractivity contribution in [3.8, 4) is 0 Å². The van der Waals surface area contributed by atoms with Crippen molar-refractivity contribution in [2.45, 2.75) is 64.4 Å². The molecule has 1 amide bonds. The highest BCUT2D eigenvalue weighted by molar-refractivity contribution is 5.67. The van der Waals surface area contributed by atoms with Gasteiger partial charge in [0.15, 0.2) is 0 Å². The summed E-state index contributed by atoms with van der Waals surface area (Å²) in [5, 5.41) is 2.90. The minimum atomic E-state index is -0.423. The Morgan fingerprint density at radius 1 is 1.27 bits per heavy atom. The molecule has 0 unspecified atom stereocenters. The van der Waals surface area contributed by atoms with E-state index in [-0.39, 0.29) is 6.09 Å². The van der Waals surface area contributed by atoms with E-state index in [1.54, 1.807) is 11.1 Å². The first-order chi connectivity index (χ1) is 10.3. The van der Waals surface area contributed by atoms with Crippen molar-refractivity contribution in [2.75, 3.05) is 6.54 Å². The van der Waals surface area contributed by atoms with E-state index in [4.69, 9.17) is 4.74 Å². The van der Waals surface area contributed by atoms with Crippen molar-refractivity contribution in [1.29, 1.82) is 0 Å². The van der Waals surface area contributed by atoms with E-state index in [0.29, 0.717) is 12.5 Å². The quantitative estimate of drug-likeness (QED) is 0.892. The lowest BCUT2D eigenvalue weighted by molar-refractivity contribution is 0.0524. The molecule has 0 saturated heterocycles. The number of fused-ring (bicyclic) bond motifs is 4. The predicted octanol–water partition coefficient (Wildman–Crippen LogP) is 4.50. The van der Waals surface area contributed by atoms with Gasteiger partial charge in [0.05, 0.1) is 0 Å². The van der Waals surface area contributed by atoms with Crippen LogP contribution in [-0.2, 0) is 4.74 Å². The Hall–Kier alpha value is -1.51. The molecule has 1 N–H and O–H groups in total. The molecule has 2 aliphatic rings. The number of rotatable bonds is 3. The minimum Gasteiger partial charge on any atom is -0.444 e. The maximum atomic E-state index is 11.7. The summed E-state index contributed by atoms with van der Waals surface area (Å²) in [6.45, 7) is 8.55. The van der Waals surface area contributed by atoms with E-state index in [2.05, 4.69) is 30.4 Å². The first-order valence-corrected chi connectivity index (χ1v) is 8.42. The van der Waals surface area contributed by atoms with Crippen LogP contribution in [0.5, 0.6) is 0 Å². The predicted molar refractivity (Wildman–Crippen MR) is 88.2 cm³/mol. The summed E-state index contributed by atoms with van der Waals surface area (Å²) in [5.74, 6) is 2.19. The van der Waals surface area contributed by atoms with Crippen LogP contribution in [0.2, 0.25) is 0 Å². The molecule has 3 heteroatoms. The van der Waals surface area contributed by atoms with E-state index in [1.165, 1.54) is 18.4 Å². The number of hydrogen-bond acceptors (Lipinski definition) is 2. The van der Waals surface area contributed by atoms with Crippen molar-refractivity contribution >= 4 is 6.09 Å². The van der Waals surface area contributed by atoms with E-state index in [9.17, 15) is 4.79 Å². The lowest BCUT2D eigenvalue weighted by atomic mass is 9.66. The molecule has 1 aromatic rings. The first kappa shape index (κ1) is 15.4. The Morgan fingerprint density at radius 2 is 2.05 bits per heavy atom. The van der Waals surface area contributed by atoms with Gasteiger partial charge in [-0.3, -0.25) is 0 Å². The molecule has 0 aromatic heterocycles. The second-order valence-electron chi connectivity index (χ2n) is 7.82. The fourth-order valence-electron chi connectivity index (χ4n) is 4.12. The van der Waals surface area contributed by atoms with Crippen LogP contribution in [0.4, 0.5) is 4.79 Å². The van der Waals surface area contributed by atoms with Crippen LogP contribution in [0.15, 0.2) is 18.2 Å². The Morgan fingerprint density at radius 3 is 2.77 bits per heavy atom. The molecule has 0 aliphatic heterocycles. The molecule has 120 valence electrons. The van der Waals surface area contributed by atoms with Gasteiger partial charge in [0, 0.05) is 6.54 Å². The zero-order valence-corrected chi connectivity index (χ0v) is 14.1. The van der Waals surface area contributed by atoms with Gasteiger partial charge >= 0.3 is 6.09 Å². The van der Waals surface area contributed by atoms with E-state index in [0.717, 1.165) is 18.3 Å². The van der Waals surface area contributed by atoms with E-state index >= 15 is 0 Å². The number of ether oxygens (including phenoxy) is 1. The molecule has 1 saturated carbocycles. The number of carbonyl (C=O) groups is 1. The molecule has 0 radical (unpaired) electrons. The largest absolute Gasteiger partial charge is 0.444 e. The molecule has 3 rings (SSSR count). The van der Waals surface area contributed by atoms with Crippen LogP contribution < -0.4 is 5.32 Å². The summed E-state index contributed by atoms with van der Waals surface area (Å²) in [4.78, 5) is 11.7. The molecular formula is C19H27NO2. The third kappa shape index (κ3) is 2.99. The van der Waals surface area contributed by atoms with Gasteiger partial charge in [-0.1, -0.05) is 23.8 Å². The highest BCUT2D eigenvalue weighted by Gasteiger charge is 2.46. The highest BCUT2D eigenvalue weighted by Crippen LogP contribution is 2.60. The van der Waals surface area contributed by atoms with Crippen molar-refractivity contribution in [2.24, 2.45) is 5.92 Å². The summed E-state index contributed by atoms with van der Waals surface area (Å²) in [7, 11) is 0. The maximum absolute atomic E-state index is 11.7. The lowest BCUT2D eigenvalue weighted by Gasteiger charge is -2.38. The molecule has 0 bridgehead atoms. The highest BCUT2D eigenvalue weighted by atomic mass is 16.6. The maximum Gasteiger partial charge on any atom is 0.407 e. The normalized spacial score (nSPS) is 25.9. The van der Waals surface area contributed by atoms with Crippen LogP contribution in [0.25, 0.3) is 0 Å². The summed E-state index contributed by atoms with van der Waals surface area (Å²) in [5.41, 5.74) is 4.07. The van der Waals surface area contributed by atoms with Gasteiger partial charge in [0.1, 0.15) is 5.60 Å². The number of benzene rings is 1. The van der Waals surface area contributed by atoms with Gasteiger partial charge in [0.2, 0.25) is 0 Å². The molecule has 0 spiro atoms. The van der Waals surface area contributed by atoms with Crippen LogP contribution in [0.1, 0.15) is 68.6 Å². The Bertz CT molecular complexity index is 573. The molecule has 22 heavy (non-hydrogen) atoms. The van der Waals surface area contributed by atoms with Crippen LogP contribution in [-0.4, -0.2) is 18.2 Å². The number of aryl methyl sites for hydroxylation is 1. The van der Waals surface area contributed by atoms with Gasteiger partial charge < -0.3 is 10.1 Å². The SMILES string of the molecule is Cc1ccc2c(c1)[C@@H]1CC[C@H](CCNC(=O)OC(C)(C)C)[C@H]21. The second-order valence-corrected chi connectivity index (χ2v) is 7.82. The van der Waals surface area contributed by atoms with Gasteiger partial charge in [-0.25, -0.2) is 4.79 Å². The van der Waals surface area contributed by atoms with E-state index in [1.807, 2.05) is 20.8 Å². The number of nitrogens with one attached hydrogen (secondary N) is 1. The summed E-state index contributed by atoms with van der Waals surface area (Å²) < 4.78 is 5.28. The Kier molecular flexibility index (Phi) is 3.92. The summed E-state index contributed by atoms with van der Waals surface area (Å²) in [6.07, 6.45) is 3.33. The number of alkyl carbamates (subject to hydrolysis) is 1. The Labute approximate surface area is 133 Å². The molecule has 3 atom stereocenters. The third-order valence-electron chi connectivity index (χ3n) is 4.97. The zero-order valence-electron chi connectivity index (χ0n) is 14.1. The standard InChI is InChI=1S/C19H27NO2/c1-12-5-7-14-16(11-12)15-8-6-13(17(14)15)9-10-20-18(21)22-19(2,3)4/h5,7,11,13,15,17H,6,8-10H2,1-4H3,(H,20,21)/t13-,15+,17-/m1/s1. The van der Waals surface area contributed by atoms with Crippen molar-refractivity contribution in [3.63, 3.8) is 0 Å². The number of amides is 1. The van der Waals surface area contributed by atoms with Crippen molar-refractivity contribution < 1.29 is 9.53 Å². The topological polar surface area (TPSA) is 38.3 Å². The van der Waals surface area contributed by atoms with Gasteiger partial charge in [-0.15, -0.1) is 0 Å². The molecule has 1 aromatic carbocycles. The lowest BCUT2D eigenvalue weighted by Crippen LogP contribution is -2.34. The molecule has 2 aliphatic carbocycles. The minimum absolute atomic E-state index is 0.299. The van der Waals surface area contributed by atoms with Gasteiger partial charge in [0.25, 0.3) is 0 Å². The molecule has 0 heterocycles. The third-order valence-corrected chi connectivity index (χ3v) is 4.97. The summed E-state index contributed by atoms with van der Waals surface area (Å²) >= 11 is 0. The van der Waals surface area contributed by atoms with Crippen molar-refractivity contribution in [3.05, 3.63) is 34.9 Å². The average molecular weight is 301 g/mol. The smallest absolute Gasteiger partial charge is 0.407 e.